The first-order valence-electron chi connectivity index (χ1n) is 11.5. The third-order valence-electron chi connectivity index (χ3n) is 5.26. The average molecular weight is 514 g/mol. The summed E-state index contributed by atoms with van der Waals surface area (Å²) in [6.45, 7) is 5.90. The van der Waals surface area contributed by atoms with Gasteiger partial charge in [0.25, 0.3) is 0 Å². The number of hydrogen-bond donors (Lipinski definition) is 2. The van der Waals surface area contributed by atoms with Gasteiger partial charge in [0.2, 0.25) is 0 Å². The van der Waals surface area contributed by atoms with Crippen LogP contribution in [0.15, 0.2) is 64.3 Å². The minimum Gasteiger partial charge on any atom is -0.394 e. The molecule has 180 valence electrons. The first-order valence-corrected chi connectivity index (χ1v) is 14.2. The van der Waals surface area contributed by atoms with Crippen molar-refractivity contribution >= 4 is 45.5 Å². The Morgan fingerprint density at radius 3 is 2.79 bits per heavy atom. The molecule has 1 aliphatic rings. The van der Waals surface area contributed by atoms with Crippen molar-refractivity contribution in [2.24, 2.45) is 16.1 Å². The number of aromatic nitrogens is 1. The number of hydrogen-bond acceptors (Lipinski definition) is 9. The van der Waals surface area contributed by atoms with Crippen molar-refractivity contribution in [3.05, 3.63) is 75.1 Å². The molecule has 0 bridgehead atoms. The van der Waals surface area contributed by atoms with E-state index in [1.807, 2.05) is 12.3 Å². The second-order valence-corrected chi connectivity index (χ2v) is 11.7. The predicted molar refractivity (Wildman–Crippen MR) is 145 cm³/mol. The summed E-state index contributed by atoms with van der Waals surface area (Å²) >= 11 is 5.23. The molecule has 0 saturated carbocycles. The highest BCUT2D eigenvalue weighted by molar-refractivity contribution is 7.96. The summed E-state index contributed by atoms with van der Waals surface area (Å²) in [6, 6.07) is 14.5. The molecule has 0 aliphatic carbocycles. The van der Waals surface area contributed by atoms with Crippen LogP contribution >= 0.6 is 34.6 Å². The number of nitrogens with one attached hydrogen (secondary N) is 1. The van der Waals surface area contributed by atoms with Crippen molar-refractivity contribution < 1.29 is 5.11 Å². The molecule has 3 heterocycles. The van der Waals surface area contributed by atoms with Crippen LogP contribution in [0.25, 0.3) is 5.70 Å². The van der Waals surface area contributed by atoms with Gasteiger partial charge in [-0.3, -0.25) is 0 Å². The number of rotatable bonds is 12. The largest absolute Gasteiger partial charge is 0.394 e. The third-order valence-corrected chi connectivity index (χ3v) is 8.22. The summed E-state index contributed by atoms with van der Waals surface area (Å²) in [7, 11) is 0. The normalized spacial score (nSPS) is 14.5. The van der Waals surface area contributed by atoms with Gasteiger partial charge >= 0.3 is 0 Å². The molecular formula is C25H31N5OS3. The average Bonchev–Trinajstić information content (AvgIpc) is 3.50. The maximum Gasteiger partial charge on any atom is 0.183 e. The summed E-state index contributed by atoms with van der Waals surface area (Å²) in [6.07, 6.45) is 3.83. The molecule has 0 radical (unpaired) electrons. The topological polar surface area (TPSA) is 73.1 Å². The predicted octanol–water partition coefficient (Wildman–Crippen LogP) is 6.68. The molecule has 0 spiro atoms. The third kappa shape index (κ3) is 7.15. The Morgan fingerprint density at radius 1 is 1.21 bits per heavy atom. The van der Waals surface area contributed by atoms with Crippen molar-refractivity contribution in [3.8, 4) is 0 Å². The van der Waals surface area contributed by atoms with Gasteiger partial charge in [0, 0.05) is 23.4 Å². The number of azo groups is 1. The van der Waals surface area contributed by atoms with Gasteiger partial charge < -0.3 is 14.7 Å². The Labute approximate surface area is 214 Å². The van der Waals surface area contributed by atoms with E-state index in [0.29, 0.717) is 5.92 Å². The highest BCUT2D eigenvalue weighted by atomic mass is 32.2. The van der Waals surface area contributed by atoms with E-state index in [9.17, 15) is 5.11 Å². The smallest absolute Gasteiger partial charge is 0.183 e. The van der Waals surface area contributed by atoms with Crippen molar-refractivity contribution in [2.45, 2.75) is 45.0 Å². The monoisotopic (exact) mass is 513 g/mol. The first kappa shape index (κ1) is 24.9. The molecule has 0 unspecified atom stereocenters. The van der Waals surface area contributed by atoms with Gasteiger partial charge in [-0.25, -0.2) is 4.98 Å². The lowest BCUT2D eigenvalue weighted by Gasteiger charge is -2.23. The van der Waals surface area contributed by atoms with Crippen LogP contribution in [0.3, 0.4) is 0 Å². The molecule has 0 amide bonds. The number of nitrogens with zero attached hydrogens (tertiary/aromatic N) is 4. The molecule has 3 aromatic rings. The molecule has 6 nitrogen and oxygen atoms in total. The van der Waals surface area contributed by atoms with Crippen LogP contribution in [0.5, 0.6) is 0 Å². The van der Waals surface area contributed by atoms with Gasteiger partial charge in [0.05, 0.1) is 24.1 Å². The highest BCUT2D eigenvalue weighted by Gasteiger charge is 2.23. The molecule has 2 N–H and O–H groups in total. The zero-order valence-electron chi connectivity index (χ0n) is 19.6. The zero-order chi connectivity index (χ0) is 23.8. The summed E-state index contributed by atoms with van der Waals surface area (Å²) in [4.78, 5) is 7.41. The molecule has 9 heteroatoms. The number of thiazole rings is 1. The van der Waals surface area contributed by atoms with Gasteiger partial charge in [-0.15, -0.1) is 11.3 Å². The highest BCUT2D eigenvalue weighted by Crippen LogP contribution is 2.37. The van der Waals surface area contributed by atoms with Gasteiger partial charge in [-0.1, -0.05) is 61.6 Å². The number of benzene rings is 1. The zero-order valence-corrected chi connectivity index (χ0v) is 22.0. The molecule has 0 fully saturated rings. The molecule has 34 heavy (non-hydrogen) atoms. The second kappa shape index (κ2) is 12.5. The van der Waals surface area contributed by atoms with E-state index in [0.717, 1.165) is 48.2 Å². The van der Waals surface area contributed by atoms with Crippen LogP contribution in [0, 0.1) is 5.92 Å². The molecular weight excluding hydrogens is 483 g/mol. The minimum atomic E-state index is -0.196. The number of aliphatic hydroxyl groups excluding tert-OH is 1. The Morgan fingerprint density at radius 2 is 2.06 bits per heavy atom. The number of anilines is 1. The van der Waals surface area contributed by atoms with E-state index in [1.54, 1.807) is 34.6 Å². The van der Waals surface area contributed by atoms with E-state index in [2.05, 4.69) is 75.5 Å². The van der Waals surface area contributed by atoms with E-state index >= 15 is 0 Å². The Balaban J connectivity index is 1.48. The van der Waals surface area contributed by atoms with E-state index in [1.165, 1.54) is 15.3 Å². The molecule has 2 aromatic heterocycles. The van der Waals surface area contributed by atoms with Crippen molar-refractivity contribution in [3.63, 3.8) is 0 Å². The molecule has 0 saturated heterocycles. The maximum atomic E-state index is 9.73. The first-order chi connectivity index (χ1) is 16.6. The fourth-order valence-corrected chi connectivity index (χ4v) is 6.29. The second-order valence-electron chi connectivity index (χ2n) is 8.58. The summed E-state index contributed by atoms with van der Waals surface area (Å²) in [5, 5.41) is 25.3. The summed E-state index contributed by atoms with van der Waals surface area (Å²) < 4.78 is 2.22. The van der Waals surface area contributed by atoms with Crippen LogP contribution in [-0.2, 0) is 18.7 Å². The fraction of sp³-hybridized carbons (Fsp3) is 0.400. The Hall–Kier alpha value is -2.20. The van der Waals surface area contributed by atoms with Crippen LogP contribution in [-0.4, -0.2) is 33.6 Å². The lowest BCUT2D eigenvalue weighted by Crippen LogP contribution is -2.15. The summed E-state index contributed by atoms with van der Waals surface area (Å²) in [5.41, 5.74) is 2.93. The van der Waals surface area contributed by atoms with Crippen molar-refractivity contribution in [2.75, 3.05) is 18.5 Å². The minimum absolute atomic E-state index is 0.000873. The SMILES string of the molecule is CC(C)C[C@H](CO)N=NC1=CN(SCc2ccccc2)Cc2sc(NCCc3cccs3)nc21. The van der Waals surface area contributed by atoms with Crippen molar-refractivity contribution in [1.82, 2.24) is 9.29 Å². The number of aliphatic hydroxyl groups is 1. The van der Waals surface area contributed by atoms with Crippen LogP contribution in [0.4, 0.5) is 5.13 Å². The van der Waals surface area contributed by atoms with Crippen LogP contribution < -0.4 is 5.32 Å². The Kier molecular flexibility index (Phi) is 9.15. The van der Waals surface area contributed by atoms with Crippen LogP contribution in [0.1, 0.15) is 41.3 Å². The van der Waals surface area contributed by atoms with E-state index in [4.69, 9.17) is 4.98 Å². The van der Waals surface area contributed by atoms with Gasteiger partial charge in [-0.2, -0.15) is 10.2 Å². The lowest BCUT2D eigenvalue weighted by molar-refractivity contribution is 0.247. The van der Waals surface area contributed by atoms with Gasteiger partial charge in [0.1, 0.15) is 11.4 Å². The number of fused-ring (bicyclic) bond motifs is 1. The molecule has 1 aliphatic heterocycles. The molecule has 4 rings (SSSR count). The van der Waals surface area contributed by atoms with Gasteiger partial charge in [-0.05, 0) is 47.7 Å². The standard InChI is InChI=1S/C25H31N5OS3/c1-18(2)13-20(16-31)28-29-22-14-30(33-17-19-7-4-3-5-8-19)15-23-24(22)27-25(34-23)26-11-10-21-9-6-12-32-21/h3-9,12,14,18,20,31H,10-11,13,15-17H2,1-2H3,(H,26,27)/t20-/m1/s1. The number of thiophene rings is 1. The van der Waals surface area contributed by atoms with E-state index in [-0.39, 0.29) is 12.6 Å². The van der Waals surface area contributed by atoms with Gasteiger partial charge in [0.15, 0.2) is 5.13 Å². The fourth-order valence-electron chi connectivity index (χ4n) is 3.60. The van der Waals surface area contributed by atoms with Crippen LogP contribution in [0.2, 0.25) is 0 Å². The van der Waals surface area contributed by atoms with Crippen molar-refractivity contribution in [1.29, 1.82) is 0 Å². The Bertz CT molecular complexity index is 1080. The quantitative estimate of drug-likeness (QED) is 0.209. The molecule has 1 aromatic carbocycles. The summed E-state index contributed by atoms with van der Waals surface area (Å²) in [5.74, 6) is 1.33. The lowest BCUT2D eigenvalue weighted by atomic mass is 10.1. The maximum absolute atomic E-state index is 9.73. The van der Waals surface area contributed by atoms with E-state index < -0.39 is 0 Å². The molecule has 1 atom stereocenters.